The van der Waals surface area contributed by atoms with Gasteiger partial charge in [0.2, 0.25) is 0 Å². The highest BCUT2D eigenvalue weighted by atomic mass is 14.9. The minimum atomic E-state index is 0.799. The van der Waals surface area contributed by atoms with Crippen LogP contribution in [0.4, 0.5) is 0 Å². The summed E-state index contributed by atoms with van der Waals surface area (Å²) in [5.41, 5.74) is 0. The fraction of sp³-hybridized carbons (Fsp3) is 1.00. The molecule has 0 spiro atoms. The maximum absolute atomic E-state index is 3.76. The SMILES string of the molecule is CNC1CCC(CNC2CCCC2)CC1. The molecule has 2 heteroatoms. The van der Waals surface area contributed by atoms with E-state index < -0.39 is 0 Å². The van der Waals surface area contributed by atoms with Crippen molar-refractivity contribution in [2.24, 2.45) is 5.92 Å². The van der Waals surface area contributed by atoms with Gasteiger partial charge in [-0.2, -0.15) is 0 Å². The Labute approximate surface area is 94.2 Å². The maximum Gasteiger partial charge on any atom is 0.00671 e. The standard InChI is InChI=1S/C13H26N2/c1-14-12-8-6-11(7-9-12)10-15-13-4-2-3-5-13/h11-15H,2-10H2,1H3. The summed E-state index contributed by atoms with van der Waals surface area (Å²) in [6.45, 7) is 1.28. The zero-order chi connectivity index (χ0) is 10.5. The molecule has 2 rings (SSSR count). The molecule has 0 aromatic carbocycles. The molecule has 88 valence electrons. The lowest BCUT2D eigenvalue weighted by atomic mass is 9.86. The third kappa shape index (κ3) is 3.46. The van der Waals surface area contributed by atoms with Crippen molar-refractivity contribution in [3.05, 3.63) is 0 Å². The van der Waals surface area contributed by atoms with Gasteiger partial charge < -0.3 is 10.6 Å². The van der Waals surface area contributed by atoms with Gasteiger partial charge in [0, 0.05) is 12.1 Å². The molecule has 2 aliphatic rings. The molecule has 15 heavy (non-hydrogen) atoms. The smallest absolute Gasteiger partial charge is 0.00671 e. The van der Waals surface area contributed by atoms with Crippen molar-refractivity contribution in [3.63, 3.8) is 0 Å². The van der Waals surface area contributed by atoms with Crippen LogP contribution in [0.5, 0.6) is 0 Å². The summed E-state index contributed by atoms with van der Waals surface area (Å²) in [7, 11) is 2.10. The maximum atomic E-state index is 3.76. The second kappa shape index (κ2) is 5.86. The van der Waals surface area contributed by atoms with Crippen molar-refractivity contribution in [2.75, 3.05) is 13.6 Å². The molecular formula is C13H26N2. The Morgan fingerprint density at radius 1 is 0.867 bits per heavy atom. The van der Waals surface area contributed by atoms with Gasteiger partial charge in [0.15, 0.2) is 0 Å². The van der Waals surface area contributed by atoms with Crippen molar-refractivity contribution in [1.82, 2.24) is 10.6 Å². The summed E-state index contributed by atoms with van der Waals surface area (Å²) >= 11 is 0. The van der Waals surface area contributed by atoms with Crippen LogP contribution in [0.2, 0.25) is 0 Å². The van der Waals surface area contributed by atoms with Crippen molar-refractivity contribution in [1.29, 1.82) is 0 Å². The van der Waals surface area contributed by atoms with Gasteiger partial charge in [-0.15, -0.1) is 0 Å². The monoisotopic (exact) mass is 210 g/mol. The zero-order valence-corrected chi connectivity index (χ0v) is 10.1. The molecule has 0 aliphatic heterocycles. The molecule has 0 aromatic heterocycles. The molecule has 0 unspecified atom stereocenters. The molecule has 2 saturated carbocycles. The fourth-order valence-corrected chi connectivity index (χ4v) is 3.12. The first kappa shape index (κ1) is 11.4. The van der Waals surface area contributed by atoms with E-state index in [0.29, 0.717) is 0 Å². The van der Waals surface area contributed by atoms with Crippen LogP contribution < -0.4 is 10.6 Å². The van der Waals surface area contributed by atoms with E-state index in [1.165, 1.54) is 57.9 Å². The molecule has 2 N–H and O–H groups in total. The summed E-state index contributed by atoms with van der Waals surface area (Å²) in [6.07, 6.45) is 11.4. The Kier molecular flexibility index (Phi) is 4.45. The van der Waals surface area contributed by atoms with E-state index in [1.54, 1.807) is 0 Å². The average molecular weight is 210 g/mol. The summed E-state index contributed by atoms with van der Waals surface area (Å²) in [4.78, 5) is 0. The number of nitrogens with one attached hydrogen (secondary N) is 2. The van der Waals surface area contributed by atoms with E-state index in [1.807, 2.05) is 0 Å². The van der Waals surface area contributed by atoms with Gasteiger partial charge in [-0.3, -0.25) is 0 Å². The third-order valence-corrected chi connectivity index (χ3v) is 4.31. The van der Waals surface area contributed by atoms with E-state index in [9.17, 15) is 0 Å². The van der Waals surface area contributed by atoms with Crippen LogP contribution >= 0.6 is 0 Å². The highest BCUT2D eigenvalue weighted by Crippen LogP contribution is 2.24. The van der Waals surface area contributed by atoms with E-state index >= 15 is 0 Å². The van der Waals surface area contributed by atoms with Gasteiger partial charge in [-0.25, -0.2) is 0 Å². The quantitative estimate of drug-likeness (QED) is 0.744. The Bertz CT molecular complexity index is 167. The zero-order valence-electron chi connectivity index (χ0n) is 10.1. The van der Waals surface area contributed by atoms with E-state index in [4.69, 9.17) is 0 Å². The van der Waals surface area contributed by atoms with E-state index in [-0.39, 0.29) is 0 Å². The second-order valence-corrected chi connectivity index (χ2v) is 5.40. The second-order valence-electron chi connectivity index (χ2n) is 5.40. The predicted octanol–water partition coefficient (Wildman–Crippen LogP) is 2.30. The van der Waals surface area contributed by atoms with Gasteiger partial charge in [-0.1, -0.05) is 12.8 Å². The topological polar surface area (TPSA) is 24.1 Å². The number of rotatable bonds is 4. The molecule has 0 atom stereocenters. The van der Waals surface area contributed by atoms with Crippen LogP contribution in [0.3, 0.4) is 0 Å². The number of hydrogen-bond donors (Lipinski definition) is 2. The first-order valence-electron chi connectivity index (χ1n) is 6.79. The molecule has 0 bridgehead atoms. The van der Waals surface area contributed by atoms with Crippen LogP contribution in [0.1, 0.15) is 51.4 Å². The molecule has 0 aromatic rings. The molecule has 0 radical (unpaired) electrons. The summed E-state index contributed by atoms with van der Waals surface area (Å²) in [6, 6.07) is 1.65. The lowest BCUT2D eigenvalue weighted by Gasteiger charge is -2.29. The first-order valence-corrected chi connectivity index (χ1v) is 6.79. The molecule has 0 amide bonds. The normalized spacial score (nSPS) is 33.4. The summed E-state index contributed by atoms with van der Waals surface area (Å²) in [5.74, 6) is 0.954. The molecule has 0 saturated heterocycles. The Morgan fingerprint density at radius 3 is 2.13 bits per heavy atom. The highest BCUT2D eigenvalue weighted by Gasteiger charge is 2.21. The lowest BCUT2D eigenvalue weighted by Crippen LogP contribution is -2.36. The largest absolute Gasteiger partial charge is 0.317 e. The van der Waals surface area contributed by atoms with Crippen molar-refractivity contribution in [2.45, 2.75) is 63.5 Å². The van der Waals surface area contributed by atoms with Crippen LogP contribution in [0.25, 0.3) is 0 Å². The number of hydrogen-bond acceptors (Lipinski definition) is 2. The van der Waals surface area contributed by atoms with Gasteiger partial charge in [-0.05, 0) is 58.0 Å². The molecule has 2 nitrogen and oxygen atoms in total. The van der Waals surface area contributed by atoms with Crippen LogP contribution in [-0.2, 0) is 0 Å². The molecule has 2 aliphatic carbocycles. The summed E-state index contributed by atoms with van der Waals surface area (Å²) in [5, 5.41) is 7.16. The van der Waals surface area contributed by atoms with Gasteiger partial charge in [0.05, 0.1) is 0 Å². The Hall–Kier alpha value is -0.0800. The van der Waals surface area contributed by atoms with Gasteiger partial charge >= 0.3 is 0 Å². The fourth-order valence-electron chi connectivity index (χ4n) is 3.12. The Morgan fingerprint density at radius 2 is 1.53 bits per heavy atom. The minimum Gasteiger partial charge on any atom is -0.317 e. The van der Waals surface area contributed by atoms with Crippen LogP contribution in [0.15, 0.2) is 0 Å². The van der Waals surface area contributed by atoms with E-state index in [2.05, 4.69) is 17.7 Å². The van der Waals surface area contributed by atoms with Gasteiger partial charge in [0.25, 0.3) is 0 Å². The lowest BCUT2D eigenvalue weighted by molar-refractivity contribution is 0.284. The predicted molar refractivity (Wildman–Crippen MR) is 65.1 cm³/mol. The van der Waals surface area contributed by atoms with Gasteiger partial charge in [0.1, 0.15) is 0 Å². The highest BCUT2D eigenvalue weighted by molar-refractivity contribution is 4.80. The molecular weight excluding hydrogens is 184 g/mol. The Balaban J connectivity index is 1.59. The summed E-state index contributed by atoms with van der Waals surface area (Å²) < 4.78 is 0. The van der Waals surface area contributed by atoms with Crippen molar-refractivity contribution in [3.8, 4) is 0 Å². The van der Waals surface area contributed by atoms with Crippen molar-refractivity contribution >= 4 is 0 Å². The minimum absolute atomic E-state index is 0.799. The van der Waals surface area contributed by atoms with Crippen LogP contribution in [0, 0.1) is 5.92 Å². The third-order valence-electron chi connectivity index (χ3n) is 4.31. The van der Waals surface area contributed by atoms with Crippen molar-refractivity contribution < 1.29 is 0 Å². The first-order chi connectivity index (χ1) is 7.38. The van der Waals surface area contributed by atoms with Crippen LogP contribution in [-0.4, -0.2) is 25.7 Å². The molecule has 2 fully saturated rings. The molecule has 0 heterocycles. The van der Waals surface area contributed by atoms with E-state index in [0.717, 1.165) is 18.0 Å². The average Bonchev–Trinajstić information content (AvgIpc) is 2.80.